The maximum atomic E-state index is 12.5. The van der Waals surface area contributed by atoms with Crippen LogP contribution in [0.15, 0.2) is 23.1 Å². The Morgan fingerprint density at radius 3 is 2.85 bits per heavy atom. The molecule has 1 atom stereocenters. The molecule has 1 aromatic carbocycles. The summed E-state index contributed by atoms with van der Waals surface area (Å²) in [6, 6.07) is 2.92. The molecule has 1 aromatic rings. The fourth-order valence-electron chi connectivity index (χ4n) is 2.62. The van der Waals surface area contributed by atoms with Gasteiger partial charge in [-0.15, -0.1) is 0 Å². The lowest BCUT2D eigenvalue weighted by Gasteiger charge is -2.19. The number of carbonyl (C=O) groups is 2. The molecule has 0 spiro atoms. The van der Waals surface area contributed by atoms with Crippen LogP contribution < -0.4 is 5.32 Å². The second kappa shape index (κ2) is 4.29. The maximum Gasteiger partial charge on any atom is 0.335 e. The van der Waals surface area contributed by atoms with Gasteiger partial charge < -0.3 is 10.4 Å². The van der Waals surface area contributed by atoms with Gasteiger partial charge in [0.2, 0.25) is 15.9 Å². The van der Waals surface area contributed by atoms with Crippen LogP contribution in [0.3, 0.4) is 0 Å². The van der Waals surface area contributed by atoms with Crippen LogP contribution in [0, 0.1) is 0 Å². The summed E-state index contributed by atoms with van der Waals surface area (Å²) < 4.78 is 26.2. The van der Waals surface area contributed by atoms with Gasteiger partial charge in [-0.2, -0.15) is 4.31 Å². The molecule has 2 aliphatic heterocycles. The van der Waals surface area contributed by atoms with Crippen LogP contribution in [-0.2, 0) is 14.8 Å². The third kappa shape index (κ3) is 1.80. The van der Waals surface area contributed by atoms with Crippen LogP contribution in [0.4, 0.5) is 5.69 Å². The van der Waals surface area contributed by atoms with Crippen molar-refractivity contribution in [3.05, 3.63) is 23.8 Å². The van der Waals surface area contributed by atoms with E-state index in [0.29, 0.717) is 19.4 Å². The number of carbonyl (C=O) groups excluding carboxylic acids is 1. The van der Waals surface area contributed by atoms with Gasteiger partial charge in [-0.1, -0.05) is 0 Å². The molecule has 2 N–H and O–H groups in total. The first-order valence-corrected chi connectivity index (χ1v) is 7.55. The molecule has 7 nitrogen and oxygen atoms in total. The Morgan fingerprint density at radius 2 is 2.15 bits per heavy atom. The zero-order chi connectivity index (χ0) is 14.5. The van der Waals surface area contributed by atoms with Crippen LogP contribution in [-0.4, -0.2) is 42.3 Å². The number of nitrogens with zero attached hydrogens (tertiary/aromatic N) is 1. The number of rotatable bonds is 1. The summed E-state index contributed by atoms with van der Waals surface area (Å²) in [5.74, 6) is -1.59. The molecule has 3 rings (SSSR count). The number of nitrogens with one attached hydrogen (secondary N) is 1. The summed E-state index contributed by atoms with van der Waals surface area (Å²) in [4.78, 5) is 22.9. The number of hydrogen-bond donors (Lipinski definition) is 2. The molecule has 20 heavy (non-hydrogen) atoms. The largest absolute Gasteiger partial charge is 0.478 e. The molecule has 0 bridgehead atoms. The van der Waals surface area contributed by atoms with Gasteiger partial charge in [-0.3, -0.25) is 4.79 Å². The standard InChI is InChI=1S/C12H12N2O5S/c15-11-9-2-1-5-14(9)20(18,19)10-4-3-7(12(16)17)6-8(10)13-11/h3-4,6,9H,1-2,5H2,(H,13,15)(H,16,17). The Balaban J connectivity index is 2.20. The summed E-state index contributed by atoms with van der Waals surface area (Å²) in [6.45, 7) is 0.306. The number of hydrogen-bond acceptors (Lipinski definition) is 4. The second-order valence-electron chi connectivity index (χ2n) is 4.78. The van der Waals surface area contributed by atoms with E-state index in [1.807, 2.05) is 0 Å². The van der Waals surface area contributed by atoms with Crippen molar-refractivity contribution in [3.63, 3.8) is 0 Å². The Labute approximate surface area is 115 Å². The predicted molar refractivity (Wildman–Crippen MR) is 68.9 cm³/mol. The monoisotopic (exact) mass is 296 g/mol. The van der Waals surface area contributed by atoms with Gasteiger partial charge >= 0.3 is 5.97 Å². The number of amides is 1. The summed E-state index contributed by atoms with van der Waals surface area (Å²) in [6.07, 6.45) is 1.12. The third-order valence-electron chi connectivity index (χ3n) is 3.58. The van der Waals surface area contributed by atoms with E-state index in [2.05, 4.69) is 5.32 Å². The van der Waals surface area contributed by atoms with E-state index < -0.39 is 27.9 Å². The van der Waals surface area contributed by atoms with Gasteiger partial charge in [0.15, 0.2) is 0 Å². The van der Waals surface area contributed by atoms with E-state index in [4.69, 9.17) is 5.11 Å². The normalized spacial score (nSPS) is 24.4. The highest BCUT2D eigenvalue weighted by molar-refractivity contribution is 7.89. The molecule has 0 radical (unpaired) electrons. The van der Waals surface area contributed by atoms with Crippen molar-refractivity contribution in [2.24, 2.45) is 0 Å². The highest BCUT2D eigenvalue weighted by Crippen LogP contribution is 2.34. The van der Waals surface area contributed by atoms with Crippen LogP contribution in [0.25, 0.3) is 0 Å². The summed E-state index contributed by atoms with van der Waals surface area (Å²) in [7, 11) is -3.77. The summed E-state index contributed by atoms with van der Waals surface area (Å²) in [5, 5.41) is 11.5. The number of fused-ring (bicyclic) bond motifs is 2. The summed E-state index contributed by atoms with van der Waals surface area (Å²) in [5.41, 5.74) is -0.0365. The fraction of sp³-hybridized carbons (Fsp3) is 0.333. The second-order valence-corrected chi connectivity index (χ2v) is 6.64. The van der Waals surface area contributed by atoms with E-state index in [1.165, 1.54) is 22.5 Å². The van der Waals surface area contributed by atoms with E-state index in [9.17, 15) is 18.0 Å². The molecular formula is C12H12N2O5S. The van der Waals surface area contributed by atoms with Crippen molar-refractivity contribution in [2.45, 2.75) is 23.8 Å². The minimum atomic E-state index is -3.77. The number of carboxylic acids is 1. The molecule has 1 fully saturated rings. The Hall–Kier alpha value is -1.93. The maximum absolute atomic E-state index is 12.5. The van der Waals surface area contributed by atoms with E-state index in [0.717, 1.165) is 0 Å². The molecule has 2 heterocycles. The lowest BCUT2D eigenvalue weighted by atomic mass is 10.2. The van der Waals surface area contributed by atoms with Gasteiger partial charge in [0.05, 0.1) is 11.3 Å². The topological polar surface area (TPSA) is 104 Å². The molecule has 0 saturated carbocycles. The summed E-state index contributed by atoms with van der Waals surface area (Å²) >= 11 is 0. The van der Waals surface area contributed by atoms with Crippen molar-refractivity contribution < 1.29 is 23.1 Å². The van der Waals surface area contributed by atoms with Gasteiger partial charge in [0, 0.05) is 6.54 Å². The van der Waals surface area contributed by atoms with Gasteiger partial charge in [0.25, 0.3) is 0 Å². The Kier molecular flexibility index (Phi) is 2.80. The molecule has 0 aliphatic carbocycles. The smallest absolute Gasteiger partial charge is 0.335 e. The molecular weight excluding hydrogens is 284 g/mol. The van der Waals surface area contributed by atoms with Crippen LogP contribution in [0.1, 0.15) is 23.2 Å². The van der Waals surface area contributed by atoms with E-state index in [1.54, 1.807) is 0 Å². The number of benzene rings is 1. The van der Waals surface area contributed by atoms with Crippen molar-refractivity contribution in [3.8, 4) is 0 Å². The van der Waals surface area contributed by atoms with Crippen LogP contribution >= 0.6 is 0 Å². The average molecular weight is 296 g/mol. The number of sulfonamides is 1. The molecule has 2 aliphatic rings. The molecule has 1 saturated heterocycles. The zero-order valence-electron chi connectivity index (χ0n) is 10.4. The van der Waals surface area contributed by atoms with Crippen LogP contribution in [0.2, 0.25) is 0 Å². The molecule has 8 heteroatoms. The first-order chi connectivity index (χ1) is 9.41. The third-order valence-corrected chi connectivity index (χ3v) is 5.54. The number of carboxylic acid groups (broad SMARTS) is 1. The highest BCUT2D eigenvalue weighted by atomic mass is 32.2. The van der Waals surface area contributed by atoms with Crippen molar-refractivity contribution >= 4 is 27.6 Å². The quantitative estimate of drug-likeness (QED) is 0.785. The van der Waals surface area contributed by atoms with Crippen LogP contribution in [0.5, 0.6) is 0 Å². The van der Waals surface area contributed by atoms with E-state index >= 15 is 0 Å². The number of aromatic carboxylic acids is 1. The van der Waals surface area contributed by atoms with Gasteiger partial charge in [-0.25, -0.2) is 13.2 Å². The first-order valence-electron chi connectivity index (χ1n) is 6.11. The van der Waals surface area contributed by atoms with Crippen molar-refractivity contribution in [1.82, 2.24) is 4.31 Å². The molecule has 1 unspecified atom stereocenters. The SMILES string of the molecule is O=C(O)c1ccc2c(c1)NC(=O)C1CCCN1S2(=O)=O. The molecule has 1 amide bonds. The van der Waals surface area contributed by atoms with E-state index in [-0.39, 0.29) is 16.1 Å². The van der Waals surface area contributed by atoms with Crippen molar-refractivity contribution in [2.75, 3.05) is 11.9 Å². The average Bonchev–Trinajstić information content (AvgIpc) is 2.85. The molecule has 106 valence electrons. The lowest BCUT2D eigenvalue weighted by Crippen LogP contribution is -2.40. The van der Waals surface area contributed by atoms with Crippen molar-refractivity contribution in [1.29, 1.82) is 0 Å². The zero-order valence-corrected chi connectivity index (χ0v) is 11.2. The minimum absolute atomic E-state index is 0.0318. The lowest BCUT2D eigenvalue weighted by molar-refractivity contribution is -0.119. The first kappa shape index (κ1) is 13.1. The highest BCUT2D eigenvalue weighted by Gasteiger charge is 2.43. The Bertz CT molecular complexity index is 713. The Morgan fingerprint density at radius 1 is 1.40 bits per heavy atom. The fourth-order valence-corrected chi connectivity index (χ4v) is 4.40. The molecule has 0 aromatic heterocycles. The van der Waals surface area contributed by atoms with Gasteiger partial charge in [0.1, 0.15) is 10.9 Å². The predicted octanol–water partition coefficient (Wildman–Crippen LogP) is 0.490. The minimum Gasteiger partial charge on any atom is -0.478 e. The number of anilines is 1. The van der Waals surface area contributed by atoms with Gasteiger partial charge in [-0.05, 0) is 31.0 Å².